The van der Waals surface area contributed by atoms with E-state index in [1.165, 1.54) is 17.5 Å². The monoisotopic (exact) mass is 327 g/mol. The van der Waals surface area contributed by atoms with E-state index in [1.54, 1.807) is 0 Å². The van der Waals surface area contributed by atoms with Gasteiger partial charge in [-0.1, -0.05) is 72.0 Å². The number of fused-ring (bicyclic) bond motifs is 2. The summed E-state index contributed by atoms with van der Waals surface area (Å²) in [6.45, 7) is 15.8. The van der Waals surface area contributed by atoms with E-state index in [9.17, 15) is 0 Å². The van der Waals surface area contributed by atoms with Gasteiger partial charge in [0.05, 0.1) is 0 Å². The molecule has 132 valence electrons. The average molecular weight is 327 g/mol. The molecule has 2 aliphatic rings. The number of hydrogen-bond acceptors (Lipinski definition) is 3. The van der Waals surface area contributed by atoms with Crippen molar-refractivity contribution in [2.24, 2.45) is 5.92 Å². The van der Waals surface area contributed by atoms with Crippen LogP contribution in [-0.4, -0.2) is 48.6 Å². The highest BCUT2D eigenvalue weighted by atomic mass is 15.4. The Hall–Kier alpha value is -0.770. The van der Waals surface area contributed by atoms with Gasteiger partial charge in [0.25, 0.3) is 14.0 Å². The maximum Gasteiger partial charge on any atom is 0.298 e. The molecule has 24 heavy (non-hydrogen) atoms. The van der Waals surface area contributed by atoms with Crippen molar-refractivity contribution >= 4 is 14.0 Å². The minimum absolute atomic E-state index is 0.474. The van der Waals surface area contributed by atoms with Crippen molar-refractivity contribution < 1.29 is 0 Å². The number of benzene rings is 1. The van der Waals surface area contributed by atoms with Gasteiger partial charge >= 0.3 is 0 Å². The molecule has 1 saturated heterocycles. The van der Waals surface area contributed by atoms with Crippen LogP contribution in [0.1, 0.15) is 51.2 Å². The molecule has 0 radical (unpaired) electrons. The molecule has 0 amide bonds. The number of nitrogens with zero attached hydrogens (tertiary/aromatic N) is 3. The highest BCUT2D eigenvalue weighted by Crippen LogP contribution is 2.39. The molecule has 0 saturated carbocycles. The summed E-state index contributed by atoms with van der Waals surface area (Å²) < 4.78 is 2.47. The predicted octanol–water partition coefficient (Wildman–Crippen LogP) is 4.10. The van der Waals surface area contributed by atoms with Crippen molar-refractivity contribution in [2.45, 2.75) is 66.4 Å². The van der Waals surface area contributed by atoms with Crippen LogP contribution in [-0.2, 0) is 6.54 Å². The van der Waals surface area contributed by atoms with Crippen molar-refractivity contribution in [3.8, 4) is 0 Å². The van der Waals surface area contributed by atoms with Crippen molar-refractivity contribution in [3.05, 3.63) is 35.4 Å². The Labute approximate surface area is 150 Å². The van der Waals surface area contributed by atoms with Gasteiger partial charge in [-0.2, -0.15) is 0 Å². The standard InChI is InChI=1S/C16H27B2N3.C3H8/c1-12-13(2)16-19(5)17(3)20(6)18(4)21(16)11-14-9-7-8-10-15(12)14;1-3-2/h7-10,12-13,16H,11H2,1-6H3;3H2,1-2H3. The molecule has 0 bridgehead atoms. The summed E-state index contributed by atoms with van der Waals surface area (Å²) >= 11 is 0. The zero-order valence-corrected chi connectivity index (χ0v) is 17.0. The smallest absolute Gasteiger partial charge is 0.298 e. The molecule has 2 heterocycles. The van der Waals surface area contributed by atoms with E-state index < -0.39 is 0 Å². The first-order chi connectivity index (χ1) is 11.3. The van der Waals surface area contributed by atoms with Gasteiger partial charge in [0.15, 0.2) is 0 Å². The average Bonchev–Trinajstić information content (AvgIpc) is 2.68. The second-order valence-corrected chi connectivity index (χ2v) is 7.73. The van der Waals surface area contributed by atoms with Crippen molar-refractivity contribution in [3.63, 3.8) is 0 Å². The van der Waals surface area contributed by atoms with Gasteiger partial charge in [0.2, 0.25) is 0 Å². The lowest BCUT2D eigenvalue weighted by Crippen LogP contribution is -2.72. The Morgan fingerprint density at radius 3 is 2.25 bits per heavy atom. The summed E-state index contributed by atoms with van der Waals surface area (Å²) in [6, 6.07) is 9.01. The molecule has 0 N–H and O–H groups in total. The first-order valence-electron chi connectivity index (χ1n) is 9.62. The maximum atomic E-state index is 2.67. The van der Waals surface area contributed by atoms with E-state index in [-0.39, 0.29) is 0 Å². The lowest BCUT2D eigenvalue weighted by Gasteiger charge is -2.53. The second-order valence-electron chi connectivity index (χ2n) is 7.73. The van der Waals surface area contributed by atoms with Crippen molar-refractivity contribution in [1.29, 1.82) is 0 Å². The number of rotatable bonds is 0. The van der Waals surface area contributed by atoms with Gasteiger partial charge in [-0.3, -0.25) is 0 Å². The molecule has 0 aliphatic carbocycles. The molecule has 1 fully saturated rings. The molecule has 1 aromatic rings. The van der Waals surface area contributed by atoms with Gasteiger partial charge in [0.1, 0.15) is 0 Å². The van der Waals surface area contributed by atoms with Crippen molar-refractivity contribution in [1.82, 2.24) is 14.3 Å². The third-order valence-electron chi connectivity index (χ3n) is 6.16. The summed E-state index contributed by atoms with van der Waals surface area (Å²) in [5, 5.41) is 0. The van der Waals surface area contributed by atoms with E-state index in [0.717, 1.165) is 6.54 Å². The van der Waals surface area contributed by atoms with E-state index in [2.05, 4.69) is 94.0 Å². The molecule has 1 aromatic carbocycles. The zero-order valence-electron chi connectivity index (χ0n) is 17.0. The molecule has 5 heteroatoms. The van der Waals surface area contributed by atoms with Crippen LogP contribution >= 0.6 is 0 Å². The van der Waals surface area contributed by atoms with Gasteiger partial charge in [0, 0.05) is 12.7 Å². The molecular weight excluding hydrogens is 292 g/mol. The summed E-state index contributed by atoms with van der Waals surface area (Å²) in [6.07, 6.45) is 1.76. The molecule has 3 unspecified atom stereocenters. The summed E-state index contributed by atoms with van der Waals surface area (Å²) in [5.74, 6) is 1.22. The Morgan fingerprint density at radius 1 is 1.04 bits per heavy atom. The van der Waals surface area contributed by atoms with Gasteiger partial charge < -0.3 is 14.3 Å². The first kappa shape index (κ1) is 19.6. The third-order valence-corrected chi connectivity index (χ3v) is 6.16. The Morgan fingerprint density at radius 2 is 1.62 bits per heavy atom. The molecular formula is C19H35B2N3. The van der Waals surface area contributed by atoms with Gasteiger partial charge in [-0.25, -0.2) is 0 Å². The van der Waals surface area contributed by atoms with Crippen LogP contribution in [0.15, 0.2) is 24.3 Å². The maximum absolute atomic E-state index is 2.67. The third kappa shape index (κ3) is 3.44. The molecule has 3 atom stereocenters. The molecule has 0 aromatic heterocycles. The fraction of sp³-hybridized carbons (Fsp3) is 0.684. The van der Waals surface area contributed by atoms with Gasteiger partial charge in [-0.15, -0.1) is 0 Å². The molecule has 3 rings (SSSR count). The Kier molecular flexibility index (Phi) is 6.58. The fourth-order valence-corrected chi connectivity index (χ4v) is 4.27. The zero-order chi connectivity index (χ0) is 18.0. The van der Waals surface area contributed by atoms with Crippen LogP contribution < -0.4 is 0 Å². The summed E-state index contributed by atoms with van der Waals surface area (Å²) in [4.78, 5) is 5.22. The van der Waals surface area contributed by atoms with Crippen LogP contribution in [0.5, 0.6) is 0 Å². The lowest BCUT2D eigenvalue weighted by atomic mass is 9.56. The van der Waals surface area contributed by atoms with E-state index >= 15 is 0 Å². The molecule has 0 spiro atoms. The lowest BCUT2D eigenvalue weighted by molar-refractivity contribution is 0.101. The summed E-state index contributed by atoms with van der Waals surface area (Å²) in [5.41, 5.74) is 3.04. The minimum atomic E-state index is 0.474. The Balaban J connectivity index is 0.000000647. The fourth-order valence-electron chi connectivity index (χ4n) is 4.27. The van der Waals surface area contributed by atoms with E-state index in [1.807, 2.05) is 0 Å². The first-order valence-corrected chi connectivity index (χ1v) is 9.62. The van der Waals surface area contributed by atoms with Crippen LogP contribution in [0.3, 0.4) is 0 Å². The Bertz CT molecular complexity index is 539. The SMILES string of the molecule is CB1N(C)B(C)N2Cc3ccccc3C(C)C(C)C2N1C.CCC. The predicted molar refractivity (Wildman–Crippen MR) is 108 cm³/mol. The largest absolute Gasteiger partial charge is 0.359 e. The van der Waals surface area contributed by atoms with Crippen LogP contribution in [0.4, 0.5) is 0 Å². The van der Waals surface area contributed by atoms with Crippen LogP contribution in [0, 0.1) is 5.92 Å². The highest BCUT2D eigenvalue weighted by molar-refractivity contribution is 6.69. The molecule has 2 aliphatic heterocycles. The minimum Gasteiger partial charge on any atom is -0.359 e. The summed E-state index contributed by atoms with van der Waals surface area (Å²) in [7, 11) is 4.52. The van der Waals surface area contributed by atoms with Crippen LogP contribution in [0.25, 0.3) is 0 Å². The van der Waals surface area contributed by atoms with E-state index in [0.29, 0.717) is 32.0 Å². The quantitative estimate of drug-likeness (QED) is 0.665. The normalized spacial score (nSPS) is 28.6. The van der Waals surface area contributed by atoms with Crippen molar-refractivity contribution in [2.75, 3.05) is 14.1 Å². The topological polar surface area (TPSA) is 9.72 Å². The highest BCUT2D eigenvalue weighted by Gasteiger charge is 2.47. The van der Waals surface area contributed by atoms with E-state index in [4.69, 9.17) is 0 Å². The second kappa shape index (κ2) is 8.07. The van der Waals surface area contributed by atoms with Gasteiger partial charge in [-0.05, 0) is 37.1 Å². The molecule has 3 nitrogen and oxygen atoms in total. The number of hydrogen-bond donors (Lipinski definition) is 0. The van der Waals surface area contributed by atoms with Crippen LogP contribution in [0.2, 0.25) is 13.6 Å².